The quantitative estimate of drug-likeness (QED) is 0.106. The summed E-state index contributed by atoms with van der Waals surface area (Å²) < 4.78 is 62.2. The van der Waals surface area contributed by atoms with Gasteiger partial charge in [-0.1, -0.05) is 20.3 Å². The first kappa shape index (κ1) is 35.4. The van der Waals surface area contributed by atoms with Gasteiger partial charge in [0.1, 0.15) is 29.3 Å². The van der Waals surface area contributed by atoms with Gasteiger partial charge in [-0.15, -0.1) is 0 Å². The maximum Gasteiger partial charge on any atom is 0.430 e. The molecule has 0 aromatic carbocycles. The average molecular weight is 598 g/mol. The Labute approximate surface area is 220 Å². The minimum absolute atomic E-state index is 0.0228. The van der Waals surface area contributed by atoms with E-state index in [0.29, 0.717) is 6.42 Å². The van der Waals surface area contributed by atoms with E-state index in [-0.39, 0.29) is 19.4 Å². The van der Waals surface area contributed by atoms with E-state index in [4.69, 9.17) is 14.5 Å². The van der Waals surface area contributed by atoms with Crippen LogP contribution in [0.3, 0.4) is 0 Å². The number of nitrogens with one attached hydrogen (secondary N) is 1. The van der Waals surface area contributed by atoms with Gasteiger partial charge in [0.2, 0.25) is 11.8 Å². The van der Waals surface area contributed by atoms with Gasteiger partial charge in [0.15, 0.2) is 0 Å². The maximum atomic E-state index is 13.1. The third kappa shape index (κ3) is 11.0. The number of carboxylic acids is 3. The summed E-state index contributed by atoms with van der Waals surface area (Å²) in [7, 11) is -4.24. The van der Waals surface area contributed by atoms with Gasteiger partial charge in [-0.3, -0.25) is 18.9 Å². The summed E-state index contributed by atoms with van der Waals surface area (Å²) >= 11 is 4.14. The molecule has 0 saturated carbocycles. The van der Waals surface area contributed by atoms with Gasteiger partial charge in [-0.25, -0.2) is 4.79 Å². The van der Waals surface area contributed by atoms with Crippen molar-refractivity contribution < 1.29 is 71.2 Å². The Morgan fingerprint density at radius 1 is 1.18 bits per heavy atom. The fourth-order valence-electron chi connectivity index (χ4n) is 3.38. The van der Waals surface area contributed by atoms with Crippen molar-refractivity contribution in [3.8, 4) is 0 Å². The Balaban J connectivity index is 0.00000171. The molecule has 0 spiro atoms. The molecule has 19 heteroatoms. The zero-order chi connectivity index (χ0) is 30.2. The number of likely N-dealkylation sites (tertiary alicyclic amines) is 1. The van der Waals surface area contributed by atoms with Crippen LogP contribution < -0.4 is 16.2 Å². The van der Waals surface area contributed by atoms with E-state index in [0.717, 1.165) is 4.90 Å². The van der Waals surface area contributed by atoms with E-state index in [9.17, 15) is 51.0 Å². The summed E-state index contributed by atoms with van der Waals surface area (Å²) in [5.74, 6) is -9.45. The van der Waals surface area contributed by atoms with Crippen LogP contribution >= 0.6 is 12.6 Å². The molecule has 6 atom stereocenters. The summed E-state index contributed by atoms with van der Waals surface area (Å²) in [6.07, 6.45) is -4.90. The SMILES string of the molecule is CC[C@H](C)[C@H](NC(=O)[C@H](S)[C@H]([NH3+])CCS(=O)(=O)O)C(=O)N1CC[C@H](C(=O)O)[C@H]1C(=O)O.O=C([O-])C(F)(F)F. The second-order valence-corrected chi connectivity index (χ2v) is 10.6. The number of carbonyl (C=O) groups excluding carboxylic acids is 3. The van der Waals surface area contributed by atoms with E-state index < -0.39 is 87.0 Å². The highest BCUT2D eigenvalue weighted by atomic mass is 32.2. The molecule has 1 heterocycles. The second-order valence-electron chi connectivity index (χ2n) is 8.48. The van der Waals surface area contributed by atoms with Crippen LogP contribution in [0.1, 0.15) is 33.1 Å². The number of alkyl halides is 3. The molecule has 1 saturated heterocycles. The lowest BCUT2D eigenvalue weighted by Gasteiger charge is -2.31. The van der Waals surface area contributed by atoms with Crippen LogP contribution in [0.4, 0.5) is 13.2 Å². The molecule has 0 unspecified atom stereocenters. The molecule has 38 heavy (non-hydrogen) atoms. The van der Waals surface area contributed by atoms with E-state index >= 15 is 0 Å². The van der Waals surface area contributed by atoms with Crippen molar-refractivity contribution in [2.75, 3.05) is 12.3 Å². The number of amides is 2. The summed E-state index contributed by atoms with van der Waals surface area (Å²) in [5, 5.41) is 28.9. The number of hydrogen-bond donors (Lipinski definition) is 6. The van der Waals surface area contributed by atoms with Crippen molar-refractivity contribution in [1.82, 2.24) is 10.2 Å². The van der Waals surface area contributed by atoms with Gasteiger partial charge in [0.25, 0.3) is 10.1 Å². The van der Waals surface area contributed by atoms with Crippen LogP contribution in [-0.2, 0) is 34.1 Å². The fourth-order valence-corrected chi connectivity index (χ4v) is 4.20. The van der Waals surface area contributed by atoms with E-state index in [2.05, 4.69) is 23.7 Å². The molecule has 220 valence electrons. The highest BCUT2D eigenvalue weighted by Gasteiger charge is 2.48. The first-order valence-corrected chi connectivity index (χ1v) is 13.1. The van der Waals surface area contributed by atoms with Crippen LogP contribution in [-0.4, -0.2) is 99.7 Å². The molecule has 7 N–H and O–H groups in total. The smallest absolute Gasteiger partial charge is 0.430 e. The van der Waals surface area contributed by atoms with Crippen molar-refractivity contribution >= 4 is 52.5 Å². The van der Waals surface area contributed by atoms with Crippen LogP contribution in [0.2, 0.25) is 0 Å². The molecule has 0 aliphatic carbocycles. The summed E-state index contributed by atoms with van der Waals surface area (Å²) in [5.41, 5.74) is 3.67. The molecule has 1 rings (SSSR count). The number of quaternary nitrogens is 1. The molecule has 0 aromatic rings. The predicted octanol–water partition coefficient (Wildman–Crippen LogP) is -2.61. The minimum atomic E-state index is -5.19. The van der Waals surface area contributed by atoms with Crippen LogP contribution in [0, 0.1) is 11.8 Å². The molecule has 14 nitrogen and oxygen atoms in total. The number of thiol groups is 1. The topological polar surface area (TPSA) is 246 Å². The summed E-state index contributed by atoms with van der Waals surface area (Å²) in [6.45, 7) is 3.37. The highest BCUT2D eigenvalue weighted by molar-refractivity contribution is 7.85. The number of carbonyl (C=O) groups is 5. The normalized spacial score (nSPS) is 20.8. The average Bonchev–Trinajstić information content (AvgIpc) is 3.24. The first-order chi connectivity index (χ1) is 17.1. The van der Waals surface area contributed by atoms with Crippen molar-refractivity contribution in [2.45, 2.75) is 62.7 Å². The largest absolute Gasteiger partial charge is 0.542 e. The molecular weight excluding hydrogens is 567 g/mol. The molecular formula is C19H30F3N3O11S2. The Morgan fingerprint density at radius 3 is 2.05 bits per heavy atom. The van der Waals surface area contributed by atoms with Crippen molar-refractivity contribution in [2.24, 2.45) is 11.8 Å². The predicted molar refractivity (Wildman–Crippen MR) is 122 cm³/mol. The lowest BCUT2D eigenvalue weighted by molar-refractivity contribution is -0.416. The zero-order valence-electron chi connectivity index (χ0n) is 20.3. The lowest BCUT2D eigenvalue weighted by atomic mass is 9.96. The van der Waals surface area contributed by atoms with Gasteiger partial charge in [0.05, 0.1) is 11.7 Å². The van der Waals surface area contributed by atoms with Gasteiger partial charge in [-0.2, -0.15) is 34.2 Å². The number of rotatable bonds is 11. The molecule has 1 aliphatic heterocycles. The third-order valence-electron chi connectivity index (χ3n) is 5.72. The third-order valence-corrected chi connectivity index (χ3v) is 7.13. The second kappa shape index (κ2) is 14.5. The van der Waals surface area contributed by atoms with Crippen LogP contribution in [0.15, 0.2) is 0 Å². The van der Waals surface area contributed by atoms with Crippen LogP contribution in [0.5, 0.6) is 0 Å². The first-order valence-electron chi connectivity index (χ1n) is 11.0. The van der Waals surface area contributed by atoms with Gasteiger partial charge in [0, 0.05) is 13.0 Å². The lowest BCUT2D eigenvalue weighted by Crippen LogP contribution is -2.69. The highest BCUT2D eigenvalue weighted by Crippen LogP contribution is 2.27. The molecule has 1 aliphatic rings. The van der Waals surface area contributed by atoms with Crippen molar-refractivity contribution in [1.29, 1.82) is 0 Å². The summed E-state index contributed by atoms with van der Waals surface area (Å²) in [6, 6.07) is -3.47. The maximum absolute atomic E-state index is 13.1. The Morgan fingerprint density at radius 2 is 1.68 bits per heavy atom. The molecule has 0 radical (unpaired) electrons. The van der Waals surface area contributed by atoms with Gasteiger partial charge < -0.3 is 36.1 Å². The monoisotopic (exact) mass is 597 g/mol. The number of nitrogens with zero attached hydrogens (tertiary/aromatic N) is 1. The van der Waals surface area contributed by atoms with Crippen molar-refractivity contribution in [3.63, 3.8) is 0 Å². The summed E-state index contributed by atoms with van der Waals surface area (Å²) in [4.78, 5) is 58.5. The van der Waals surface area contributed by atoms with E-state index in [1.165, 1.54) is 0 Å². The fraction of sp³-hybridized carbons (Fsp3) is 0.737. The van der Waals surface area contributed by atoms with Gasteiger partial charge in [-0.05, 0) is 12.3 Å². The number of halogens is 3. The molecule has 0 bridgehead atoms. The van der Waals surface area contributed by atoms with Crippen molar-refractivity contribution in [3.05, 3.63) is 0 Å². The molecule has 2 amide bonds. The van der Waals surface area contributed by atoms with Gasteiger partial charge >= 0.3 is 18.1 Å². The van der Waals surface area contributed by atoms with E-state index in [1.807, 2.05) is 0 Å². The van der Waals surface area contributed by atoms with E-state index in [1.54, 1.807) is 13.8 Å². The minimum Gasteiger partial charge on any atom is -0.542 e. The number of carboxylic acid groups (broad SMARTS) is 3. The Kier molecular flexibility index (Phi) is 13.5. The molecule has 0 aromatic heterocycles. The number of aliphatic carboxylic acids is 3. The Hall–Kier alpha value is -2.64. The number of hydrogen-bond acceptors (Lipinski definition) is 9. The Bertz CT molecular complexity index is 994. The standard InChI is InChI=1S/C17H29N3O9S2.C2HF3O2/c1-3-8(2)11(19-14(21)13(30)10(18)5-7-31(27,28)29)15(22)20-6-4-9(16(23)24)12(20)17(25)26;3-2(4,5)1(6)7/h8-13,30H,3-7,18H2,1-2H3,(H,19,21)(H,23,24)(H,25,26)(H,27,28,29);(H,6,7)/t8-,9-,10+,11-,12-,13+;/m0./s1. The molecule has 1 fully saturated rings. The van der Waals surface area contributed by atoms with Crippen LogP contribution in [0.25, 0.3) is 0 Å². The zero-order valence-corrected chi connectivity index (χ0v) is 22.0.